The molecule has 1 aliphatic heterocycles. The molecular weight excluding hydrogens is 410 g/mol. The third-order valence-electron chi connectivity index (χ3n) is 5.38. The number of nitrogens with one attached hydrogen (secondary N) is 2. The zero-order valence-electron chi connectivity index (χ0n) is 15.8. The molecule has 0 aromatic heterocycles. The molecule has 0 spiro atoms. The van der Waals surface area contributed by atoms with E-state index in [1.807, 2.05) is 30.3 Å². The summed E-state index contributed by atoms with van der Waals surface area (Å²) in [6.07, 6.45) is -8.66. The second-order valence-electron chi connectivity index (χ2n) is 7.37. The van der Waals surface area contributed by atoms with Crippen molar-refractivity contribution < 1.29 is 31.1 Å². The molecule has 0 unspecified atom stereocenters. The summed E-state index contributed by atoms with van der Waals surface area (Å²) in [7, 11) is 0. The van der Waals surface area contributed by atoms with Crippen LogP contribution in [0.3, 0.4) is 0 Å². The van der Waals surface area contributed by atoms with E-state index in [-0.39, 0.29) is 12.6 Å². The second-order valence-corrected chi connectivity index (χ2v) is 7.37. The summed E-state index contributed by atoms with van der Waals surface area (Å²) in [5.74, 6) is -0.972. The van der Waals surface area contributed by atoms with Gasteiger partial charge in [-0.15, -0.1) is 0 Å². The van der Waals surface area contributed by atoms with Gasteiger partial charge in [-0.25, -0.2) is 0 Å². The Labute approximate surface area is 169 Å². The number of carbonyl (C=O) groups excluding carboxylic acids is 1. The number of halogens is 6. The van der Waals surface area contributed by atoms with Crippen LogP contribution >= 0.6 is 0 Å². The maximum Gasteiger partial charge on any atom is 0.416 e. The van der Waals surface area contributed by atoms with E-state index in [1.54, 1.807) is 0 Å². The molecule has 162 valence electrons. The zero-order chi connectivity index (χ0) is 22.0. The van der Waals surface area contributed by atoms with Gasteiger partial charge in [0.1, 0.15) is 0 Å². The molecule has 9 heteroatoms. The summed E-state index contributed by atoms with van der Waals surface area (Å²) in [5, 5.41) is 5.78. The Morgan fingerprint density at radius 3 is 1.93 bits per heavy atom. The van der Waals surface area contributed by atoms with E-state index in [0.717, 1.165) is 5.56 Å². The molecule has 0 radical (unpaired) electrons. The monoisotopic (exact) mass is 430 g/mol. The average Bonchev–Trinajstić information content (AvgIpc) is 2.72. The summed E-state index contributed by atoms with van der Waals surface area (Å²) in [5.41, 5.74) is -3.18. The topological polar surface area (TPSA) is 41.1 Å². The lowest BCUT2D eigenvalue weighted by Crippen LogP contribution is -2.47. The molecule has 1 fully saturated rings. The van der Waals surface area contributed by atoms with E-state index in [0.29, 0.717) is 38.1 Å². The first-order valence-corrected chi connectivity index (χ1v) is 9.35. The van der Waals surface area contributed by atoms with Gasteiger partial charge in [0.25, 0.3) is 5.91 Å². The van der Waals surface area contributed by atoms with E-state index < -0.39 is 40.4 Å². The summed E-state index contributed by atoms with van der Waals surface area (Å²) in [4.78, 5) is 12.6. The Morgan fingerprint density at radius 1 is 0.900 bits per heavy atom. The third-order valence-corrected chi connectivity index (χ3v) is 5.38. The van der Waals surface area contributed by atoms with Crippen molar-refractivity contribution in [3.05, 3.63) is 70.8 Å². The first kappa shape index (κ1) is 22.1. The number of carbonyl (C=O) groups is 1. The number of amides is 1. The van der Waals surface area contributed by atoms with Crippen LogP contribution in [-0.4, -0.2) is 25.5 Å². The smallest absolute Gasteiger partial charge is 0.351 e. The molecule has 3 nitrogen and oxygen atoms in total. The fraction of sp³-hybridized carbons (Fsp3) is 0.381. The quantitative estimate of drug-likeness (QED) is 0.686. The standard InChI is InChI=1S/C21H20F6N2O/c22-20(23,24)16-10-14(11-17(12-16)21(25,26)27)18(30)29-13-19(6-8-28-9-7-19)15-4-2-1-3-5-15/h1-5,10-12,28H,6-9,13H2,(H,29,30). The van der Waals surface area contributed by atoms with E-state index in [4.69, 9.17) is 0 Å². The van der Waals surface area contributed by atoms with Gasteiger partial charge in [-0.05, 0) is 49.7 Å². The van der Waals surface area contributed by atoms with Gasteiger partial charge < -0.3 is 10.6 Å². The molecule has 2 aromatic carbocycles. The molecule has 2 N–H and O–H groups in total. The van der Waals surface area contributed by atoms with Gasteiger partial charge >= 0.3 is 12.4 Å². The van der Waals surface area contributed by atoms with Crippen molar-refractivity contribution in [2.75, 3.05) is 19.6 Å². The van der Waals surface area contributed by atoms with Crippen molar-refractivity contribution in [2.45, 2.75) is 30.6 Å². The number of hydrogen-bond donors (Lipinski definition) is 2. The van der Waals surface area contributed by atoms with Crippen LogP contribution in [0.5, 0.6) is 0 Å². The maximum absolute atomic E-state index is 13.1. The Balaban J connectivity index is 1.88. The summed E-state index contributed by atoms with van der Waals surface area (Å²) in [6.45, 7) is 1.48. The zero-order valence-corrected chi connectivity index (χ0v) is 15.8. The van der Waals surface area contributed by atoms with Crippen LogP contribution in [0.1, 0.15) is 39.9 Å². The average molecular weight is 430 g/mol. The summed E-state index contributed by atoms with van der Waals surface area (Å²) >= 11 is 0. The highest BCUT2D eigenvalue weighted by Crippen LogP contribution is 2.37. The molecule has 0 atom stereocenters. The summed E-state index contributed by atoms with van der Waals surface area (Å²) < 4.78 is 78.3. The van der Waals surface area contributed by atoms with Crippen molar-refractivity contribution in [1.29, 1.82) is 0 Å². The largest absolute Gasteiger partial charge is 0.416 e. The maximum atomic E-state index is 13.1. The molecule has 1 heterocycles. The van der Waals surface area contributed by atoms with Crippen LogP contribution in [-0.2, 0) is 17.8 Å². The van der Waals surface area contributed by atoms with Gasteiger partial charge in [-0.1, -0.05) is 30.3 Å². The van der Waals surface area contributed by atoms with Crippen molar-refractivity contribution in [3.8, 4) is 0 Å². The SMILES string of the molecule is O=C(NCC1(c2ccccc2)CCNCC1)c1cc(C(F)(F)F)cc(C(F)(F)F)c1. The molecule has 0 bridgehead atoms. The molecule has 3 rings (SSSR count). The van der Waals surface area contributed by atoms with Gasteiger partial charge in [0.15, 0.2) is 0 Å². The van der Waals surface area contributed by atoms with Crippen LogP contribution in [0.2, 0.25) is 0 Å². The van der Waals surface area contributed by atoms with Crippen molar-refractivity contribution >= 4 is 5.91 Å². The van der Waals surface area contributed by atoms with Gasteiger partial charge in [0, 0.05) is 17.5 Å². The molecule has 0 aliphatic carbocycles. The van der Waals surface area contributed by atoms with E-state index in [2.05, 4.69) is 10.6 Å². The van der Waals surface area contributed by atoms with Crippen LogP contribution in [0.4, 0.5) is 26.3 Å². The first-order chi connectivity index (χ1) is 14.0. The molecule has 2 aromatic rings. The van der Waals surface area contributed by atoms with Crippen molar-refractivity contribution in [1.82, 2.24) is 10.6 Å². The number of hydrogen-bond acceptors (Lipinski definition) is 2. The number of benzene rings is 2. The number of piperidine rings is 1. The van der Waals surface area contributed by atoms with Crippen molar-refractivity contribution in [3.63, 3.8) is 0 Å². The normalized spacial score (nSPS) is 16.9. The van der Waals surface area contributed by atoms with Crippen LogP contribution < -0.4 is 10.6 Å². The molecule has 1 saturated heterocycles. The number of rotatable bonds is 4. The minimum absolute atomic E-state index is 0.00897. The van der Waals surface area contributed by atoms with Crippen LogP contribution in [0.15, 0.2) is 48.5 Å². The Hall–Kier alpha value is -2.55. The minimum atomic E-state index is -5.00. The Kier molecular flexibility index (Phi) is 6.12. The molecular formula is C21H20F6N2O. The lowest BCUT2D eigenvalue weighted by molar-refractivity contribution is -0.143. The minimum Gasteiger partial charge on any atom is -0.351 e. The third kappa shape index (κ3) is 4.95. The van der Waals surface area contributed by atoms with E-state index in [1.165, 1.54) is 0 Å². The van der Waals surface area contributed by atoms with Gasteiger partial charge in [-0.3, -0.25) is 4.79 Å². The lowest BCUT2D eigenvalue weighted by Gasteiger charge is -2.38. The molecule has 30 heavy (non-hydrogen) atoms. The molecule has 0 saturated carbocycles. The highest BCUT2D eigenvalue weighted by molar-refractivity contribution is 5.94. The Bertz CT molecular complexity index is 854. The highest BCUT2D eigenvalue weighted by atomic mass is 19.4. The first-order valence-electron chi connectivity index (χ1n) is 9.35. The van der Waals surface area contributed by atoms with Crippen molar-refractivity contribution in [2.24, 2.45) is 0 Å². The van der Waals surface area contributed by atoms with E-state index in [9.17, 15) is 31.1 Å². The number of alkyl halides is 6. The molecule has 1 aliphatic rings. The van der Waals surface area contributed by atoms with E-state index >= 15 is 0 Å². The lowest BCUT2D eigenvalue weighted by atomic mass is 9.73. The second kappa shape index (κ2) is 8.29. The van der Waals surface area contributed by atoms with Gasteiger partial charge in [0.2, 0.25) is 0 Å². The Morgan fingerprint density at radius 2 is 1.43 bits per heavy atom. The predicted molar refractivity (Wildman–Crippen MR) is 99.0 cm³/mol. The fourth-order valence-electron chi connectivity index (χ4n) is 3.70. The highest BCUT2D eigenvalue weighted by Gasteiger charge is 2.38. The van der Waals surface area contributed by atoms with Gasteiger partial charge in [0.05, 0.1) is 11.1 Å². The predicted octanol–water partition coefficient (Wildman–Crippen LogP) is 4.78. The molecule has 1 amide bonds. The fourth-order valence-corrected chi connectivity index (χ4v) is 3.70. The summed E-state index contributed by atoms with van der Waals surface area (Å²) in [6, 6.07) is 10.3. The van der Waals surface area contributed by atoms with Crippen LogP contribution in [0.25, 0.3) is 0 Å². The van der Waals surface area contributed by atoms with Crippen LogP contribution in [0, 0.1) is 0 Å². The van der Waals surface area contributed by atoms with Gasteiger partial charge in [-0.2, -0.15) is 26.3 Å².